The molecule has 43 heavy (non-hydrogen) atoms. The first-order valence-electron chi connectivity index (χ1n) is 17.9. The van der Waals surface area contributed by atoms with Gasteiger partial charge in [0.25, 0.3) is 0 Å². The SMILES string of the molecule is C1CC2(CC2)CN1.C1CC2(CCN1)CCOC2.C1CC2(CCN1)CCSC2.C1CC2(CCN1)COC2.C1NCC12COC2. The van der Waals surface area contributed by atoms with Crippen molar-refractivity contribution in [2.75, 3.05) is 117 Å². The second-order valence-electron chi connectivity index (χ2n) is 15.9. The van der Waals surface area contributed by atoms with Crippen molar-refractivity contribution in [1.29, 1.82) is 0 Å². The number of hydrogen-bond acceptors (Lipinski definition) is 9. The van der Waals surface area contributed by atoms with Crippen LogP contribution in [0.5, 0.6) is 0 Å². The van der Waals surface area contributed by atoms with Crippen molar-refractivity contribution in [3.05, 3.63) is 0 Å². The summed E-state index contributed by atoms with van der Waals surface area (Å²) in [5, 5.41) is 16.8. The predicted octanol–water partition coefficient (Wildman–Crippen LogP) is 3.02. The number of nitrogens with one attached hydrogen (secondary N) is 5. The number of ether oxygens (including phenoxy) is 3. The van der Waals surface area contributed by atoms with Gasteiger partial charge in [0, 0.05) is 37.1 Å². The lowest BCUT2D eigenvalue weighted by Gasteiger charge is -2.48. The molecule has 0 amide bonds. The summed E-state index contributed by atoms with van der Waals surface area (Å²) in [6.45, 7) is 18.4. The molecule has 0 aromatic rings. The minimum absolute atomic E-state index is 0.589. The molecule has 10 rings (SSSR count). The van der Waals surface area contributed by atoms with Gasteiger partial charge in [0.2, 0.25) is 0 Å². The molecular formula is C34H63N5O3S. The molecule has 9 heteroatoms. The van der Waals surface area contributed by atoms with E-state index in [1.807, 2.05) is 0 Å². The molecular weight excluding hydrogens is 558 g/mol. The first-order valence-corrected chi connectivity index (χ1v) is 19.1. The highest BCUT2D eigenvalue weighted by Gasteiger charge is 2.45. The molecule has 10 fully saturated rings. The summed E-state index contributed by atoms with van der Waals surface area (Å²) < 4.78 is 15.6. The Morgan fingerprint density at radius 1 is 0.372 bits per heavy atom. The minimum atomic E-state index is 0.589. The summed E-state index contributed by atoms with van der Waals surface area (Å²) in [6, 6.07) is 0. The van der Waals surface area contributed by atoms with Gasteiger partial charge in [-0.2, -0.15) is 11.8 Å². The van der Waals surface area contributed by atoms with Crippen LogP contribution < -0.4 is 26.6 Å². The van der Waals surface area contributed by atoms with Crippen molar-refractivity contribution >= 4 is 11.8 Å². The van der Waals surface area contributed by atoms with E-state index in [1.165, 1.54) is 148 Å². The highest BCUT2D eigenvalue weighted by molar-refractivity contribution is 7.99. The smallest absolute Gasteiger partial charge is 0.0569 e. The lowest BCUT2D eigenvalue weighted by molar-refractivity contribution is -0.139. The molecule has 248 valence electrons. The van der Waals surface area contributed by atoms with Gasteiger partial charge in [0.05, 0.1) is 33.0 Å². The molecule has 0 aromatic carbocycles. The molecule has 0 aromatic heterocycles. The minimum Gasteiger partial charge on any atom is -0.381 e. The average molecular weight is 622 g/mol. The van der Waals surface area contributed by atoms with Gasteiger partial charge in [-0.05, 0) is 144 Å². The van der Waals surface area contributed by atoms with E-state index >= 15 is 0 Å². The van der Waals surface area contributed by atoms with Crippen LogP contribution in [0.4, 0.5) is 0 Å². The Morgan fingerprint density at radius 3 is 1.16 bits per heavy atom. The first-order chi connectivity index (χ1) is 21.1. The molecule has 5 spiro atoms. The Kier molecular flexibility index (Phi) is 11.7. The van der Waals surface area contributed by atoms with Gasteiger partial charge in [-0.1, -0.05) is 0 Å². The van der Waals surface area contributed by atoms with Gasteiger partial charge >= 0.3 is 0 Å². The van der Waals surface area contributed by atoms with Crippen LogP contribution in [0.25, 0.3) is 0 Å². The predicted molar refractivity (Wildman–Crippen MR) is 177 cm³/mol. The van der Waals surface area contributed by atoms with Gasteiger partial charge in [-0.25, -0.2) is 0 Å². The van der Waals surface area contributed by atoms with Gasteiger partial charge in [0.15, 0.2) is 0 Å². The number of piperidine rings is 3. The van der Waals surface area contributed by atoms with E-state index in [1.54, 1.807) is 0 Å². The Bertz CT molecular complexity index is 756. The van der Waals surface area contributed by atoms with Crippen LogP contribution in [0, 0.1) is 27.1 Å². The molecule has 8 nitrogen and oxygen atoms in total. The lowest BCUT2D eigenvalue weighted by Crippen LogP contribution is -2.64. The summed E-state index contributed by atoms with van der Waals surface area (Å²) in [5.74, 6) is 2.86. The van der Waals surface area contributed by atoms with Crippen molar-refractivity contribution < 1.29 is 14.2 Å². The van der Waals surface area contributed by atoms with Gasteiger partial charge in [-0.15, -0.1) is 0 Å². The van der Waals surface area contributed by atoms with E-state index in [4.69, 9.17) is 14.2 Å². The fourth-order valence-electron chi connectivity index (χ4n) is 8.11. The number of thioether (sulfide) groups is 1. The third kappa shape index (κ3) is 9.10. The van der Waals surface area contributed by atoms with E-state index in [2.05, 4.69) is 38.3 Å². The van der Waals surface area contributed by atoms with Crippen LogP contribution >= 0.6 is 11.8 Å². The van der Waals surface area contributed by atoms with E-state index in [-0.39, 0.29) is 0 Å². The molecule has 0 unspecified atom stereocenters. The highest BCUT2D eigenvalue weighted by atomic mass is 32.2. The summed E-state index contributed by atoms with van der Waals surface area (Å²) in [6.07, 6.45) is 15.4. The first kappa shape index (κ1) is 33.0. The monoisotopic (exact) mass is 621 g/mol. The highest BCUT2D eigenvalue weighted by Crippen LogP contribution is 2.50. The normalized spacial score (nSPS) is 32.4. The van der Waals surface area contributed by atoms with Crippen molar-refractivity contribution in [2.24, 2.45) is 27.1 Å². The zero-order chi connectivity index (χ0) is 29.4. The van der Waals surface area contributed by atoms with Crippen molar-refractivity contribution in [1.82, 2.24) is 26.6 Å². The zero-order valence-corrected chi connectivity index (χ0v) is 28.0. The second kappa shape index (κ2) is 15.3. The molecule has 1 saturated carbocycles. The van der Waals surface area contributed by atoms with E-state index < -0.39 is 0 Å². The second-order valence-corrected chi connectivity index (χ2v) is 17.0. The van der Waals surface area contributed by atoms with Crippen LogP contribution in [0.15, 0.2) is 0 Å². The largest absolute Gasteiger partial charge is 0.381 e. The molecule has 10 aliphatic rings. The third-order valence-corrected chi connectivity index (χ3v) is 13.6. The lowest BCUT2D eigenvalue weighted by atomic mass is 9.77. The van der Waals surface area contributed by atoms with Crippen LogP contribution in [-0.2, 0) is 14.2 Å². The molecule has 9 saturated heterocycles. The van der Waals surface area contributed by atoms with E-state index in [0.29, 0.717) is 16.2 Å². The van der Waals surface area contributed by atoms with E-state index in [0.717, 1.165) is 50.5 Å². The fourth-order valence-corrected chi connectivity index (χ4v) is 9.70. The van der Waals surface area contributed by atoms with Gasteiger partial charge in [-0.3, -0.25) is 0 Å². The van der Waals surface area contributed by atoms with Crippen LogP contribution in [-0.4, -0.2) is 117 Å². The number of hydrogen-bond donors (Lipinski definition) is 5. The quantitative estimate of drug-likeness (QED) is 0.280. The van der Waals surface area contributed by atoms with E-state index in [9.17, 15) is 0 Å². The van der Waals surface area contributed by atoms with Gasteiger partial charge in [0.1, 0.15) is 0 Å². The molecule has 1 aliphatic carbocycles. The topological polar surface area (TPSA) is 87.8 Å². The third-order valence-electron chi connectivity index (χ3n) is 12.3. The Balaban J connectivity index is 0.0000000964. The summed E-state index contributed by atoms with van der Waals surface area (Å²) in [7, 11) is 0. The summed E-state index contributed by atoms with van der Waals surface area (Å²) in [5.41, 5.74) is 3.42. The van der Waals surface area contributed by atoms with Crippen LogP contribution in [0.2, 0.25) is 0 Å². The van der Waals surface area contributed by atoms with Crippen LogP contribution in [0.1, 0.15) is 70.6 Å². The summed E-state index contributed by atoms with van der Waals surface area (Å²) in [4.78, 5) is 0. The molecule has 0 atom stereocenters. The average Bonchev–Trinajstić information content (AvgIpc) is 3.29. The molecule has 5 N–H and O–H groups in total. The zero-order valence-electron chi connectivity index (χ0n) is 27.1. The maximum absolute atomic E-state index is 5.41. The van der Waals surface area contributed by atoms with Crippen molar-refractivity contribution in [3.63, 3.8) is 0 Å². The number of rotatable bonds is 0. The van der Waals surface area contributed by atoms with Crippen molar-refractivity contribution in [3.8, 4) is 0 Å². The maximum Gasteiger partial charge on any atom is 0.0569 e. The Labute approximate surface area is 266 Å². The standard InChI is InChI=1S/C8H15NO.C8H15NS.C7H13NO.C6H11N.C5H9NO/c2*1-4-9-5-2-8(1)3-6-10-7-8;1-3-8-4-2-7(1)5-9-6-7;1-2-6(1)3-4-7-5-6;1-5(2-6-1)3-7-4-5/h2*9H,1-7H2;8H,1-6H2;7H,1-5H2;6H,1-4H2. The van der Waals surface area contributed by atoms with Crippen LogP contribution in [0.3, 0.4) is 0 Å². The fraction of sp³-hybridized carbons (Fsp3) is 1.00. The Hall–Kier alpha value is 0.0300. The summed E-state index contributed by atoms with van der Waals surface area (Å²) >= 11 is 2.15. The Morgan fingerprint density at radius 2 is 0.860 bits per heavy atom. The molecule has 9 aliphatic heterocycles. The van der Waals surface area contributed by atoms with Gasteiger partial charge < -0.3 is 40.8 Å². The molecule has 0 bridgehead atoms. The maximum atomic E-state index is 5.41. The molecule has 9 heterocycles. The molecule has 0 radical (unpaired) electrons. The van der Waals surface area contributed by atoms with Crippen molar-refractivity contribution in [2.45, 2.75) is 70.6 Å².